The third-order valence-corrected chi connectivity index (χ3v) is 6.37. The second-order valence-corrected chi connectivity index (χ2v) is 8.53. The molecule has 2 fully saturated rings. The van der Waals surface area contributed by atoms with Crippen LogP contribution in [-0.4, -0.2) is 55.5 Å². The van der Waals surface area contributed by atoms with Gasteiger partial charge >= 0.3 is 0 Å². The molecule has 1 saturated heterocycles. The van der Waals surface area contributed by atoms with E-state index in [1.165, 1.54) is 10.5 Å². The second-order valence-electron chi connectivity index (χ2n) is 8.53. The monoisotopic (exact) mass is 552 g/mol. The minimum Gasteiger partial charge on any atom is -0.492 e. The van der Waals surface area contributed by atoms with E-state index < -0.39 is 0 Å². The molecule has 2 N–H and O–H groups in total. The lowest BCUT2D eigenvalue weighted by Gasteiger charge is -2.17. The molecule has 2 bridgehead atoms. The highest BCUT2D eigenvalue weighted by Crippen LogP contribution is 2.52. The van der Waals surface area contributed by atoms with Crippen LogP contribution in [0.5, 0.6) is 5.75 Å². The van der Waals surface area contributed by atoms with Crippen LogP contribution in [-0.2, 0) is 9.59 Å². The van der Waals surface area contributed by atoms with E-state index in [9.17, 15) is 9.59 Å². The van der Waals surface area contributed by atoms with Crippen molar-refractivity contribution < 1.29 is 14.3 Å². The Morgan fingerprint density at radius 1 is 1.16 bits per heavy atom. The van der Waals surface area contributed by atoms with Crippen LogP contribution in [0.15, 0.2) is 41.4 Å². The van der Waals surface area contributed by atoms with Crippen molar-refractivity contribution in [1.29, 1.82) is 0 Å². The predicted molar refractivity (Wildman–Crippen MR) is 135 cm³/mol. The lowest BCUT2D eigenvalue weighted by Crippen LogP contribution is -2.39. The first kappa shape index (κ1) is 24.5. The lowest BCUT2D eigenvalue weighted by molar-refractivity contribution is -0.140. The van der Waals surface area contributed by atoms with Crippen molar-refractivity contribution in [1.82, 2.24) is 15.5 Å². The smallest absolute Gasteiger partial charge is 0.233 e. The fourth-order valence-corrected chi connectivity index (χ4v) is 4.99. The molecule has 4 atom stereocenters. The third-order valence-electron chi connectivity index (χ3n) is 6.37. The van der Waals surface area contributed by atoms with Gasteiger partial charge in [0.1, 0.15) is 12.4 Å². The van der Waals surface area contributed by atoms with Gasteiger partial charge in [-0.3, -0.25) is 19.5 Å². The number of nitrogens with zero attached hydrogens (tertiary/aromatic N) is 2. The van der Waals surface area contributed by atoms with Crippen molar-refractivity contribution in [3.8, 4) is 5.75 Å². The normalized spacial score (nSPS) is 25.7. The fourth-order valence-electron chi connectivity index (χ4n) is 4.99. The number of carbonyl (C=O) groups is 2. The van der Waals surface area contributed by atoms with E-state index >= 15 is 0 Å². The van der Waals surface area contributed by atoms with Crippen LogP contribution in [0.2, 0.25) is 0 Å². The van der Waals surface area contributed by atoms with Crippen molar-refractivity contribution >= 4 is 41.8 Å². The van der Waals surface area contributed by atoms with E-state index in [-0.39, 0.29) is 59.5 Å². The first-order valence-electron chi connectivity index (χ1n) is 11.3. The van der Waals surface area contributed by atoms with E-state index in [0.717, 1.165) is 18.7 Å². The van der Waals surface area contributed by atoms with Gasteiger partial charge in [0, 0.05) is 19.6 Å². The number of nitrogens with one attached hydrogen (secondary N) is 2. The van der Waals surface area contributed by atoms with Gasteiger partial charge in [-0.25, -0.2) is 0 Å². The van der Waals surface area contributed by atoms with Gasteiger partial charge in [-0.05, 0) is 56.2 Å². The number of guanidine groups is 1. The van der Waals surface area contributed by atoms with Gasteiger partial charge in [0.25, 0.3) is 0 Å². The zero-order valence-electron chi connectivity index (χ0n) is 18.8. The Hall–Kier alpha value is -2.10. The van der Waals surface area contributed by atoms with E-state index in [1.807, 2.05) is 38.1 Å². The number of benzene rings is 1. The van der Waals surface area contributed by atoms with Crippen molar-refractivity contribution in [2.75, 3.05) is 32.8 Å². The summed E-state index contributed by atoms with van der Waals surface area (Å²) in [5, 5.41) is 6.48. The largest absolute Gasteiger partial charge is 0.492 e. The standard InChI is InChI=1S/C24H32N4O3.HI/c1-3-25-24(27-11-13-31-19-7-4-6-16(2)14-19)26-10-5-12-28-22(29)20-17-8-9-18(15-17)21(20)23(28)30;/h4,6-9,14,17-18,20-21H,3,5,10-13,15H2,1-2H3,(H2,25,26,27);1H. The molecule has 2 aliphatic carbocycles. The number of halogens is 1. The van der Waals surface area contributed by atoms with Crippen molar-refractivity contribution in [3.63, 3.8) is 0 Å². The molecule has 1 aromatic rings. The van der Waals surface area contributed by atoms with Gasteiger partial charge < -0.3 is 15.4 Å². The Bertz CT molecular complexity index is 858. The highest BCUT2D eigenvalue weighted by molar-refractivity contribution is 14.0. The Morgan fingerprint density at radius 3 is 2.53 bits per heavy atom. The Kier molecular flexibility index (Phi) is 8.56. The number of carbonyl (C=O) groups excluding carboxylic acids is 2. The maximum absolute atomic E-state index is 12.7. The summed E-state index contributed by atoms with van der Waals surface area (Å²) in [6, 6.07) is 7.98. The molecular formula is C24H33IN4O3. The molecule has 7 nitrogen and oxygen atoms in total. The predicted octanol–water partition coefficient (Wildman–Crippen LogP) is 2.74. The molecule has 8 heteroatoms. The number of hydrogen-bond donors (Lipinski definition) is 2. The SMILES string of the molecule is CCNC(=NCCCN1C(=O)C2C3C=CC(C3)C2C1=O)NCCOc1cccc(C)c1.I. The summed E-state index contributed by atoms with van der Waals surface area (Å²) in [4.78, 5) is 31.5. The van der Waals surface area contributed by atoms with Crippen LogP contribution in [0, 0.1) is 30.6 Å². The molecule has 174 valence electrons. The number of aryl methyl sites for hydroxylation is 1. The van der Waals surface area contributed by atoms with Crippen LogP contribution in [0.25, 0.3) is 0 Å². The summed E-state index contributed by atoms with van der Waals surface area (Å²) >= 11 is 0. The fraction of sp³-hybridized carbons (Fsp3) is 0.542. The number of hydrogen-bond acceptors (Lipinski definition) is 4. The molecule has 32 heavy (non-hydrogen) atoms. The van der Waals surface area contributed by atoms with E-state index in [2.05, 4.69) is 27.8 Å². The quantitative estimate of drug-likeness (QED) is 0.123. The zero-order valence-corrected chi connectivity index (χ0v) is 21.1. The van der Waals surface area contributed by atoms with Crippen LogP contribution in [0.3, 0.4) is 0 Å². The van der Waals surface area contributed by atoms with Crippen LogP contribution in [0.4, 0.5) is 0 Å². The van der Waals surface area contributed by atoms with Gasteiger partial charge in [-0.15, -0.1) is 24.0 Å². The molecule has 0 spiro atoms. The minimum absolute atomic E-state index is 0. The lowest BCUT2D eigenvalue weighted by atomic mass is 9.85. The molecule has 2 amide bonds. The molecule has 1 heterocycles. The maximum atomic E-state index is 12.7. The first-order valence-corrected chi connectivity index (χ1v) is 11.3. The highest BCUT2D eigenvalue weighted by Gasteiger charge is 2.58. The number of fused-ring (bicyclic) bond motifs is 5. The number of aliphatic imine (C=N–C) groups is 1. The number of imide groups is 1. The summed E-state index contributed by atoms with van der Waals surface area (Å²) in [6.45, 7) is 6.97. The number of rotatable bonds is 9. The van der Waals surface area contributed by atoms with Gasteiger partial charge in [-0.1, -0.05) is 24.3 Å². The second kappa shape index (κ2) is 11.2. The average Bonchev–Trinajstić information content (AvgIpc) is 3.43. The minimum atomic E-state index is -0.113. The summed E-state index contributed by atoms with van der Waals surface area (Å²) in [7, 11) is 0. The molecule has 0 aromatic heterocycles. The molecule has 0 radical (unpaired) electrons. The summed E-state index contributed by atoms with van der Waals surface area (Å²) in [5.74, 6) is 1.92. The Labute approximate surface area is 207 Å². The molecule has 3 aliphatic rings. The number of likely N-dealkylation sites (tertiary alicyclic amines) is 1. The van der Waals surface area contributed by atoms with E-state index in [0.29, 0.717) is 38.6 Å². The summed E-state index contributed by atoms with van der Waals surface area (Å²) in [6.07, 6.45) is 5.88. The molecular weight excluding hydrogens is 519 g/mol. The zero-order chi connectivity index (χ0) is 21.8. The Balaban J connectivity index is 0.00000289. The Morgan fingerprint density at radius 2 is 1.88 bits per heavy atom. The van der Waals surface area contributed by atoms with Gasteiger partial charge in [0.05, 0.1) is 18.4 Å². The number of ether oxygens (including phenoxy) is 1. The molecule has 4 unspecified atom stereocenters. The average molecular weight is 552 g/mol. The van der Waals surface area contributed by atoms with Gasteiger partial charge in [0.15, 0.2) is 5.96 Å². The summed E-state index contributed by atoms with van der Waals surface area (Å²) < 4.78 is 5.76. The molecule has 1 aliphatic heterocycles. The van der Waals surface area contributed by atoms with Crippen LogP contribution < -0.4 is 15.4 Å². The van der Waals surface area contributed by atoms with Crippen molar-refractivity contribution in [3.05, 3.63) is 42.0 Å². The van der Waals surface area contributed by atoms with Crippen molar-refractivity contribution in [2.45, 2.75) is 26.7 Å². The van der Waals surface area contributed by atoms with E-state index in [4.69, 9.17) is 4.74 Å². The number of allylic oxidation sites excluding steroid dienone is 2. The van der Waals surface area contributed by atoms with Crippen LogP contribution >= 0.6 is 24.0 Å². The molecule has 4 rings (SSSR count). The van der Waals surface area contributed by atoms with Gasteiger partial charge in [0.2, 0.25) is 11.8 Å². The highest BCUT2D eigenvalue weighted by atomic mass is 127. The van der Waals surface area contributed by atoms with E-state index in [1.54, 1.807) is 0 Å². The number of amides is 2. The maximum Gasteiger partial charge on any atom is 0.233 e. The van der Waals surface area contributed by atoms with Crippen molar-refractivity contribution in [2.24, 2.45) is 28.7 Å². The third kappa shape index (κ3) is 5.27. The topological polar surface area (TPSA) is 83.0 Å². The molecule has 1 saturated carbocycles. The first-order chi connectivity index (χ1) is 15.1. The van der Waals surface area contributed by atoms with Crippen LogP contribution in [0.1, 0.15) is 25.3 Å². The van der Waals surface area contributed by atoms with Gasteiger partial charge in [-0.2, -0.15) is 0 Å². The molecule has 1 aromatic carbocycles. The summed E-state index contributed by atoms with van der Waals surface area (Å²) in [5.41, 5.74) is 1.17.